The fraction of sp³-hybridized carbons (Fsp3) is 0.667. The molecule has 0 aromatic carbocycles. The number of rotatable bonds is 3. The zero-order chi connectivity index (χ0) is 10.1. The molecular formula is C9H13FINO. The molecule has 1 rings (SSSR count). The lowest BCUT2D eigenvalue weighted by Crippen LogP contribution is -2.18. The predicted octanol–water partition coefficient (Wildman–Crippen LogP) is 3.50. The lowest BCUT2D eigenvalue weighted by molar-refractivity contribution is 0.272. The first-order valence-corrected chi connectivity index (χ1v) is 5.38. The average molecular weight is 297 g/mol. The Morgan fingerprint density at radius 3 is 2.54 bits per heavy atom. The minimum Gasteiger partial charge on any atom is -0.324 e. The van der Waals surface area contributed by atoms with Gasteiger partial charge in [0.05, 0.1) is 0 Å². The summed E-state index contributed by atoms with van der Waals surface area (Å²) in [6.07, 6.45) is 2.03. The van der Waals surface area contributed by atoms with Gasteiger partial charge in [-0.2, -0.15) is 4.39 Å². The van der Waals surface area contributed by atoms with Crippen LogP contribution in [0, 0.1) is 9.58 Å². The third-order valence-corrected chi connectivity index (χ3v) is 3.05. The molecule has 0 fully saturated rings. The summed E-state index contributed by atoms with van der Waals surface area (Å²) in [6, 6.07) is -0.570. The summed E-state index contributed by atoms with van der Waals surface area (Å²) in [7, 11) is 0. The normalized spacial score (nSPS) is 12.1. The van der Waals surface area contributed by atoms with E-state index in [0.717, 1.165) is 18.5 Å². The largest absolute Gasteiger partial charge is 0.324 e. The molecule has 0 amide bonds. The molecule has 2 nitrogen and oxygen atoms in total. The molecule has 0 bridgehead atoms. The molecule has 0 spiro atoms. The van der Waals surface area contributed by atoms with Crippen molar-refractivity contribution in [1.29, 1.82) is 0 Å². The summed E-state index contributed by atoms with van der Waals surface area (Å²) >= 11 is 1.93. The Kier molecular flexibility index (Phi) is 3.32. The summed E-state index contributed by atoms with van der Waals surface area (Å²) in [5, 5.41) is 3.75. The van der Waals surface area contributed by atoms with Crippen LogP contribution in [0.3, 0.4) is 0 Å². The zero-order valence-electron chi connectivity index (χ0n) is 8.03. The molecule has 1 heterocycles. The van der Waals surface area contributed by atoms with Crippen molar-refractivity contribution in [3.05, 3.63) is 15.3 Å². The SMILES string of the molecule is CCCC(C)(C)c1noc(F)c1I. The van der Waals surface area contributed by atoms with E-state index in [9.17, 15) is 4.39 Å². The van der Waals surface area contributed by atoms with E-state index in [1.54, 1.807) is 0 Å². The highest BCUT2D eigenvalue weighted by Gasteiger charge is 2.28. The van der Waals surface area contributed by atoms with Crippen molar-refractivity contribution in [2.24, 2.45) is 0 Å². The van der Waals surface area contributed by atoms with Gasteiger partial charge in [-0.15, -0.1) is 0 Å². The van der Waals surface area contributed by atoms with Gasteiger partial charge in [-0.1, -0.05) is 32.3 Å². The molecule has 4 heteroatoms. The molecule has 0 radical (unpaired) electrons. The Hall–Kier alpha value is -0.130. The fourth-order valence-corrected chi connectivity index (χ4v) is 2.35. The minimum atomic E-state index is -0.570. The average Bonchev–Trinajstić information content (AvgIpc) is 2.33. The molecule has 0 aliphatic rings. The maximum absolute atomic E-state index is 12.9. The molecule has 0 saturated carbocycles. The van der Waals surface area contributed by atoms with Gasteiger partial charge in [0, 0.05) is 5.41 Å². The van der Waals surface area contributed by atoms with Crippen LogP contribution in [-0.4, -0.2) is 5.16 Å². The van der Waals surface area contributed by atoms with Crippen LogP contribution in [0.4, 0.5) is 4.39 Å². The quantitative estimate of drug-likeness (QED) is 0.798. The van der Waals surface area contributed by atoms with Crippen LogP contribution in [0.15, 0.2) is 4.52 Å². The molecule has 13 heavy (non-hydrogen) atoms. The van der Waals surface area contributed by atoms with Crippen LogP contribution in [0.1, 0.15) is 39.3 Å². The topological polar surface area (TPSA) is 26.0 Å². The van der Waals surface area contributed by atoms with Gasteiger partial charge < -0.3 is 4.52 Å². The van der Waals surface area contributed by atoms with Crippen molar-refractivity contribution in [2.75, 3.05) is 0 Å². The van der Waals surface area contributed by atoms with Crippen molar-refractivity contribution in [2.45, 2.75) is 39.0 Å². The lowest BCUT2D eigenvalue weighted by atomic mass is 9.85. The van der Waals surface area contributed by atoms with Crippen molar-refractivity contribution >= 4 is 22.6 Å². The Morgan fingerprint density at radius 1 is 1.54 bits per heavy atom. The smallest absolute Gasteiger partial charge is 0.319 e. The van der Waals surface area contributed by atoms with Crippen LogP contribution >= 0.6 is 22.6 Å². The molecule has 1 aromatic heterocycles. The second kappa shape index (κ2) is 3.94. The van der Waals surface area contributed by atoms with Crippen molar-refractivity contribution in [1.82, 2.24) is 5.16 Å². The van der Waals surface area contributed by atoms with E-state index in [2.05, 4.69) is 30.5 Å². The van der Waals surface area contributed by atoms with Gasteiger partial charge in [-0.3, -0.25) is 0 Å². The van der Waals surface area contributed by atoms with E-state index >= 15 is 0 Å². The maximum Gasteiger partial charge on any atom is 0.319 e. The molecule has 0 saturated heterocycles. The molecular weight excluding hydrogens is 284 g/mol. The van der Waals surface area contributed by atoms with Gasteiger partial charge in [-0.25, -0.2) is 0 Å². The summed E-state index contributed by atoms with van der Waals surface area (Å²) in [5.74, 6) is 0. The first-order valence-electron chi connectivity index (χ1n) is 4.30. The summed E-state index contributed by atoms with van der Waals surface area (Å²) in [6.45, 7) is 6.21. The molecule has 1 aromatic rings. The predicted molar refractivity (Wildman–Crippen MR) is 57.1 cm³/mol. The highest BCUT2D eigenvalue weighted by molar-refractivity contribution is 14.1. The first kappa shape index (κ1) is 10.9. The zero-order valence-corrected chi connectivity index (χ0v) is 10.2. The standard InChI is InChI=1S/C9H13FINO/c1-4-5-9(2,3)7-6(11)8(10)13-12-7/h4-5H2,1-3H3. The van der Waals surface area contributed by atoms with E-state index in [1.165, 1.54) is 0 Å². The Labute approximate surface area is 91.0 Å². The summed E-state index contributed by atoms with van der Waals surface area (Å²) in [4.78, 5) is 0. The molecule has 74 valence electrons. The molecule has 0 N–H and O–H groups in total. The molecule has 0 unspecified atom stereocenters. The van der Waals surface area contributed by atoms with E-state index < -0.39 is 6.01 Å². The van der Waals surface area contributed by atoms with Crippen LogP contribution in [0.2, 0.25) is 0 Å². The second-order valence-electron chi connectivity index (χ2n) is 3.75. The van der Waals surface area contributed by atoms with Crippen LogP contribution in [0.25, 0.3) is 0 Å². The van der Waals surface area contributed by atoms with E-state index in [1.807, 2.05) is 22.6 Å². The monoisotopic (exact) mass is 297 g/mol. The van der Waals surface area contributed by atoms with Gasteiger partial charge >= 0.3 is 6.01 Å². The Balaban J connectivity index is 2.99. The van der Waals surface area contributed by atoms with Gasteiger partial charge in [-0.05, 0) is 29.0 Å². The van der Waals surface area contributed by atoms with E-state index in [-0.39, 0.29) is 5.41 Å². The van der Waals surface area contributed by atoms with E-state index in [4.69, 9.17) is 0 Å². The van der Waals surface area contributed by atoms with Gasteiger partial charge in [0.2, 0.25) is 0 Å². The number of hydrogen-bond donors (Lipinski definition) is 0. The first-order chi connectivity index (χ1) is 5.99. The number of nitrogens with zero attached hydrogens (tertiary/aromatic N) is 1. The Morgan fingerprint density at radius 2 is 2.15 bits per heavy atom. The van der Waals surface area contributed by atoms with Gasteiger partial charge in [0.1, 0.15) is 9.26 Å². The molecule has 0 atom stereocenters. The van der Waals surface area contributed by atoms with E-state index in [0.29, 0.717) is 3.57 Å². The van der Waals surface area contributed by atoms with Crippen LogP contribution < -0.4 is 0 Å². The fourth-order valence-electron chi connectivity index (χ4n) is 1.42. The van der Waals surface area contributed by atoms with Gasteiger partial charge in [0.25, 0.3) is 0 Å². The third kappa shape index (κ3) is 2.21. The highest BCUT2D eigenvalue weighted by Crippen LogP contribution is 2.31. The number of aromatic nitrogens is 1. The molecule has 0 aliphatic heterocycles. The number of halogens is 2. The van der Waals surface area contributed by atoms with Crippen LogP contribution in [-0.2, 0) is 5.41 Å². The summed E-state index contributed by atoms with van der Waals surface area (Å²) in [5.41, 5.74) is 0.631. The van der Waals surface area contributed by atoms with Crippen molar-refractivity contribution in [3.8, 4) is 0 Å². The molecule has 0 aliphatic carbocycles. The third-order valence-electron chi connectivity index (χ3n) is 2.11. The van der Waals surface area contributed by atoms with Gasteiger partial charge in [0.15, 0.2) is 0 Å². The minimum absolute atomic E-state index is 0.0981. The maximum atomic E-state index is 12.9. The van der Waals surface area contributed by atoms with Crippen molar-refractivity contribution < 1.29 is 8.91 Å². The number of hydrogen-bond acceptors (Lipinski definition) is 2. The lowest BCUT2D eigenvalue weighted by Gasteiger charge is -2.20. The summed E-state index contributed by atoms with van der Waals surface area (Å²) < 4.78 is 17.9. The highest BCUT2D eigenvalue weighted by atomic mass is 127. The van der Waals surface area contributed by atoms with Crippen LogP contribution in [0.5, 0.6) is 0 Å². The Bertz CT molecular complexity index is 296. The second-order valence-corrected chi connectivity index (χ2v) is 4.83. The van der Waals surface area contributed by atoms with Crippen molar-refractivity contribution in [3.63, 3.8) is 0 Å².